The van der Waals surface area contributed by atoms with Gasteiger partial charge < -0.3 is 15.2 Å². The molecule has 88 valence electrons. The number of fused-ring (bicyclic) bond motifs is 1. The Bertz CT molecular complexity index is 404. The van der Waals surface area contributed by atoms with E-state index in [9.17, 15) is 0 Å². The van der Waals surface area contributed by atoms with Gasteiger partial charge in [0.2, 0.25) is 0 Å². The van der Waals surface area contributed by atoms with E-state index in [-0.39, 0.29) is 6.04 Å². The first-order valence-electron chi connectivity index (χ1n) is 5.45. The summed E-state index contributed by atoms with van der Waals surface area (Å²) in [4.78, 5) is 0. The van der Waals surface area contributed by atoms with Gasteiger partial charge in [-0.15, -0.1) is 0 Å². The molecule has 0 fully saturated rings. The lowest BCUT2D eigenvalue weighted by molar-refractivity contribution is 0.296. The fraction of sp³-hybridized carbons (Fsp3) is 0.500. The summed E-state index contributed by atoms with van der Waals surface area (Å²) in [6.07, 6.45) is 0.916. The first kappa shape index (κ1) is 11.7. The van der Waals surface area contributed by atoms with Gasteiger partial charge >= 0.3 is 0 Å². The SMILES string of the molecule is Cc1c2c(cc(Br)c1C(C)N)OCCCO2. The molecule has 1 aliphatic rings. The van der Waals surface area contributed by atoms with Crippen LogP contribution in [0.3, 0.4) is 0 Å². The van der Waals surface area contributed by atoms with E-state index >= 15 is 0 Å². The van der Waals surface area contributed by atoms with Crippen LogP contribution in [0.15, 0.2) is 10.5 Å². The molecule has 1 aliphatic heterocycles. The summed E-state index contributed by atoms with van der Waals surface area (Å²) in [6, 6.07) is 1.93. The maximum atomic E-state index is 5.96. The lowest BCUT2D eigenvalue weighted by atomic mass is 10.0. The first-order valence-corrected chi connectivity index (χ1v) is 6.24. The van der Waals surface area contributed by atoms with E-state index in [0.29, 0.717) is 13.2 Å². The third-order valence-corrected chi connectivity index (χ3v) is 3.39. The maximum absolute atomic E-state index is 5.96. The Hall–Kier alpha value is -0.740. The van der Waals surface area contributed by atoms with Crippen LogP contribution in [-0.4, -0.2) is 13.2 Å². The van der Waals surface area contributed by atoms with Gasteiger partial charge in [-0.1, -0.05) is 15.9 Å². The van der Waals surface area contributed by atoms with Gasteiger partial charge in [-0.2, -0.15) is 0 Å². The summed E-state index contributed by atoms with van der Waals surface area (Å²) in [5.74, 6) is 1.65. The molecule has 1 aromatic rings. The van der Waals surface area contributed by atoms with Crippen LogP contribution < -0.4 is 15.2 Å². The smallest absolute Gasteiger partial charge is 0.164 e. The molecule has 1 atom stereocenters. The van der Waals surface area contributed by atoms with E-state index in [2.05, 4.69) is 15.9 Å². The summed E-state index contributed by atoms with van der Waals surface area (Å²) < 4.78 is 12.4. The standard InChI is InChI=1S/C12H16BrNO2/c1-7-11(8(2)14)9(13)6-10-12(7)16-5-3-4-15-10/h6,8H,3-5,14H2,1-2H3. The second kappa shape index (κ2) is 4.63. The zero-order valence-electron chi connectivity index (χ0n) is 9.55. The van der Waals surface area contributed by atoms with Crippen molar-refractivity contribution in [3.05, 3.63) is 21.7 Å². The minimum absolute atomic E-state index is 0.0217. The molecule has 0 bridgehead atoms. The van der Waals surface area contributed by atoms with E-state index in [1.54, 1.807) is 0 Å². The number of rotatable bonds is 1. The van der Waals surface area contributed by atoms with Crippen LogP contribution in [0.5, 0.6) is 11.5 Å². The normalized spacial score (nSPS) is 16.8. The predicted octanol–water partition coefficient (Wildman–Crippen LogP) is 2.94. The van der Waals surface area contributed by atoms with Crippen LogP contribution in [0.4, 0.5) is 0 Å². The molecule has 1 heterocycles. The second-order valence-electron chi connectivity index (χ2n) is 4.06. The van der Waals surface area contributed by atoms with Crippen LogP contribution >= 0.6 is 15.9 Å². The molecule has 0 aliphatic carbocycles. The summed E-state index contributed by atoms with van der Waals surface area (Å²) in [5.41, 5.74) is 8.12. The lowest BCUT2D eigenvalue weighted by Gasteiger charge is -2.18. The molecule has 16 heavy (non-hydrogen) atoms. The number of halogens is 1. The van der Waals surface area contributed by atoms with Gasteiger partial charge in [-0.3, -0.25) is 0 Å². The van der Waals surface area contributed by atoms with E-state index in [1.165, 1.54) is 0 Å². The lowest BCUT2D eigenvalue weighted by Crippen LogP contribution is -2.09. The molecule has 0 aromatic heterocycles. The Labute approximate surface area is 104 Å². The highest BCUT2D eigenvalue weighted by Crippen LogP contribution is 2.41. The molecule has 4 heteroatoms. The van der Waals surface area contributed by atoms with Crippen molar-refractivity contribution in [3.8, 4) is 11.5 Å². The van der Waals surface area contributed by atoms with E-state index in [0.717, 1.165) is 33.5 Å². The van der Waals surface area contributed by atoms with Gasteiger partial charge in [0, 0.05) is 22.5 Å². The van der Waals surface area contributed by atoms with Crippen LogP contribution in [0.25, 0.3) is 0 Å². The zero-order valence-corrected chi connectivity index (χ0v) is 11.1. The summed E-state index contributed by atoms with van der Waals surface area (Å²) in [7, 11) is 0. The van der Waals surface area contributed by atoms with Crippen molar-refractivity contribution in [1.29, 1.82) is 0 Å². The summed E-state index contributed by atoms with van der Waals surface area (Å²) >= 11 is 3.54. The number of benzene rings is 1. The molecule has 2 rings (SSSR count). The first-order chi connectivity index (χ1) is 7.61. The molecule has 3 nitrogen and oxygen atoms in total. The van der Waals surface area contributed by atoms with Gasteiger partial charge in [0.25, 0.3) is 0 Å². The summed E-state index contributed by atoms with van der Waals surface area (Å²) in [5, 5.41) is 0. The number of hydrogen-bond acceptors (Lipinski definition) is 3. The molecule has 0 amide bonds. The molecule has 1 aromatic carbocycles. The molecule has 2 N–H and O–H groups in total. The van der Waals surface area contributed by atoms with Crippen LogP contribution in [-0.2, 0) is 0 Å². The van der Waals surface area contributed by atoms with Crippen molar-refractivity contribution in [3.63, 3.8) is 0 Å². The van der Waals surface area contributed by atoms with Crippen LogP contribution in [0.1, 0.15) is 30.5 Å². The van der Waals surface area contributed by atoms with Crippen molar-refractivity contribution >= 4 is 15.9 Å². The molecular formula is C12H16BrNO2. The van der Waals surface area contributed by atoms with Crippen molar-refractivity contribution < 1.29 is 9.47 Å². The fourth-order valence-electron chi connectivity index (χ4n) is 2.01. The summed E-state index contributed by atoms with van der Waals surface area (Å²) in [6.45, 7) is 5.40. The second-order valence-corrected chi connectivity index (χ2v) is 4.92. The Morgan fingerprint density at radius 3 is 2.75 bits per heavy atom. The van der Waals surface area contributed by atoms with Crippen molar-refractivity contribution in [2.45, 2.75) is 26.3 Å². The molecule has 0 saturated heterocycles. The Balaban J connectivity index is 2.56. The van der Waals surface area contributed by atoms with E-state index in [1.807, 2.05) is 19.9 Å². The highest BCUT2D eigenvalue weighted by atomic mass is 79.9. The van der Waals surface area contributed by atoms with Gasteiger partial charge in [-0.05, 0) is 25.5 Å². The number of nitrogens with two attached hydrogens (primary N) is 1. The fourth-order valence-corrected chi connectivity index (χ4v) is 2.87. The highest BCUT2D eigenvalue weighted by molar-refractivity contribution is 9.10. The highest BCUT2D eigenvalue weighted by Gasteiger charge is 2.20. The van der Waals surface area contributed by atoms with E-state index < -0.39 is 0 Å². The van der Waals surface area contributed by atoms with Crippen molar-refractivity contribution in [2.75, 3.05) is 13.2 Å². The maximum Gasteiger partial charge on any atom is 0.164 e. The number of hydrogen-bond donors (Lipinski definition) is 1. The van der Waals surface area contributed by atoms with Gasteiger partial charge in [-0.25, -0.2) is 0 Å². The Morgan fingerprint density at radius 2 is 2.06 bits per heavy atom. The molecule has 1 unspecified atom stereocenters. The largest absolute Gasteiger partial charge is 0.490 e. The quantitative estimate of drug-likeness (QED) is 0.863. The van der Waals surface area contributed by atoms with Crippen molar-refractivity contribution in [1.82, 2.24) is 0 Å². The van der Waals surface area contributed by atoms with Crippen LogP contribution in [0, 0.1) is 6.92 Å². The van der Waals surface area contributed by atoms with Gasteiger partial charge in [0.05, 0.1) is 13.2 Å². The Kier molecular flexibility index (Phi) is 3.40. The topological polar surface area (TPSA) is 44.5 Å². The predicted molar refractivity (Wildman–Crippen MR) is 67.1 cm³/mol. The molecule has 0 spiro atoms. The third-order valence-electron chi connectivity index (χ3n) is 2.73. The number of ether oxygens (including phenoxy) is 2. The van der Waals surface area contributed by atoms with Crippen LogP contribution in [0.2, 0.25) is 0 Å². The Morgan fingerprint density at radius 1 is 1.38 bits per heavy atom. The molecule has 0 radical (unpaired) electrons. The average molecular weight is 286 g/mol. The molecule has 0 saturated carbocycles. The van der Waals surface area contributed by atoms with Crippen molar-refractivity contribution in [2.24, 2.45) is 5.73 Å². The minimum Gasteiger partial charge on any atom is -0.490 e. The monoisotopic (exact) mass is 285 g/mol. The van der Waals surface area contributed by atoms with Gasteiger partial charge in [0.15, 0.2) is 11.5 Å². The minimum atomic E-state index is -0.0217. The third kappa shape index (κ3) is 2.04. The zero-order chi connectivity index (χ0) is 11.7. The molecular weight excluding hydrogens is 270 g/mol. The van der Waals surface area contributed by atoms with Gasteiger partial charge in [0.1, 0.15) is 0 Å². The van der Waals surface area contributed by atoms with E-state index in [4.69, 9.17) is 15.2 Å². The average Bonchev–Trinajstić information content (AvgIpc) is 2.42.